The van der Waals surface area contributed by atoms with Crippen LogP contribution in [0.3, 0.4) is 0 Å². The van der Waals surface area contributed by atoms with Crippen molar-refractivity contribution >= 4 is 11.9 Å². The van der Waals surface area contributed by atoms with Gasteiger partial charge in [0.1, 0.15) is 11.6 Å². The average molecular weight is 501 g/mol. The second-order valence-electron chi connectivity index (χ2n) is 8.48. The Hall–Kier alpha value is -3.05. The Kier molecular flexibility index (Phi) is 8.11. The van der Waals surface area contributed by atoms with E-state index < -0.39 is 35.7 Å². The van der Waals surface area contributed by atoms with E-state index in [1.165, 1.54) is 17.2 Å². The molecule has 1 atom stereocenters. The van der Waals surface area contributed by atoms with Gasteiger partial charge in [0.2, 0.25) is 0 Å². The van der Waals surface area contributed by atoms with Crippen molar-refractivity contribution in [3.05, 3.63) is 70.8 Å². The standard InChI is InChI=1S/C22H23F2NO3.C2HF3O2/c23-19-6-3-7-20(24)17(19)12-16(21(26)27)13-25-10-8-22(9-11-25)18-5-2-1-4-15(18)14-28-22;3-2(4,5)1(6)7/h1-7,16H,8-14H2,(H,26,27);(H,6,7). The van der Waals surface area contributed by atoms with Crippen molar-refractivity contribution in [2.45, 2.75) is 37.6 Å². The first-order chi connectivity index (χ1) is 16.4. The van der Waals surface area contributed by atoms with Crippen LogP contribution < -0.4 is 0 Å². The topological polar surface area (TPSA) is 87.1 Å². The predicted molar refractivity (Wildman–Crippen MR) is 113 cm³/mol. The van der Waals surface area contributed by atoms with Gasteiger partial charge < -0.3 is 19.8 Å². The van der Waals surface area contributed by atoms with Crippen molar-refractivity contribution in [2.24, 2.45) is 5.92 Å². The molecule has 190 valence electrons. The van der Waals surface area contributed by atoms with Gasteiger partial charge in [-0.2, -0.15) is 13.2 Å². The van der Waals surface area contributed by atoms with E-state index in [1.807, 2.05) is 12.1 Å². The van der Waals surface area contributed by atoms with Crippen LogP contribution >= 0.6 is 0 Å². The highest BCUT2D eigenvalue weighted by atomic mass is 19.4. The third-order valence-electron chi connectivity index (χ3n) is 6.26. The van der Waals surface area contributed by atoms with Gasteiger partial charge in [0.15, 0.2) is 0 Å². The van der Waals surface area contributed by atoms with Gasteiger partial charge >= 0.3 is 18.1 Å². The van der Waals surface area contributed by atoms with Crippen molar-refractivity contribution in [1.29, 1.82) is 0 Å². The molecule has 0 saturated carbocycles. The minimum Gasteiger partial charge on any atom is -0.481 e. The number of fused-ring (bicyclic) bond motifs is 2. The summed E-state index contributed by atoms with van der Waals surface area (Å²) in [6.45, 7) is 2.26. The molecular formula is C24H24F5NO5. The summed E-state index contributed by atoms with van der Waals surface area (Å²) in [5, 5.41) is 16.7. The molecule has 1 spiro atoms. The summed E-state index contributed by atoms with van der Waals surface area (Å²) >= 11 is 0. The zero-order valence-electron chi connectivity index (χ0n) is 18.5. The van der Waals surface area contributed by atoms with Crippen LogP contribution in [0.4, 0.5) is 22.0 Å². The first-order valence-electron chi connectivity index (χ1n) is 10.8. The Morgan fingerprint density at radius 3 is 2.11 bits per heavy atom. The third kappa shape index (κ3) is 6.34. The van der Waals surface area contributed by atoms with Crippen LogP contribution in [0.5, 0.6) is 0 Å². The van der Waals surface area contributed by atoms with E-state index >= 15 is 0 Å². The van der Waals surface area contributed by atoms with Crippen molar-refractivity contribution in [1.82, 2.24) is 4.90 Å². The molecule has 2 heterocycles. The normalized spacial score (nSPS) is 17.9. The highest BCUT2D eigenvalue weighted by molar-refractivity contribution is 5.73. The number of carboxylic acid groups (broad SMARTS) is 2. The van der Waals surface area contributed by atoms with Gasteiger partial charge in [-0.3, -0.25) is 4.79 Å². The number of alkyl halides is 3. The smallest absolute Gasteiger partial charge is 0.481 e. The van der Waals surface area contributed by atoms with Gasteiger partial charge in [-0.1, -0.05) is 30.3 Å². The van der Waals surface area contributed by atoms with Crippen LogP contribution in [0.2, 0.25) is 0 Å². The summed E-state index contributed by atoms with van der Waals surface area (Å²) in [5.41, 5.74) is 2.01. The SMILES string of the molecule is O=C(O)C(Cc1c(F)cccc1F)CN1CCC2(CC1)OCc1ccccc12.O=C(O)C(F)(F)F. The Balaban J connectivity index is 0.000000429. The molecule has 2 aliphatic rings. The summed E-state index contributed by atoms with van der Waals surface area (Å²) in [6, 6.07) is 11.8. The molecule has 2 aromatic rings. The maximum Gasteiger partial charge on any atom is 0.490 e. The largest absolute Gasteiger partial charge is 0.490 e. The molecule has 0 aliphatic carbocycles. The number of aliphatic carboxylic acids is 2. The van der Waals surface area contributed by atoms with Gasteiger partial charge in [-0.05, 0) is 42.5 Å². The Morgan fingerprint density at radius 1 is 1.00 bits per heavy atom. The molecule has 2 aliphatic heterocycles. The monoisotopic (exact) mass is 501 g/mol. The molecule has 2 N–H and O–H groups in total. The Labute approximate surface area is 197 Å². The van der Waals surface area contributed by atoms with E-state index in [0.29, 0.717) is 19.7 Å². The van der Waals surface area contributed by atoms with Crippen LogP contribution in [-0.2, 0) is 33.0 Å². The first-order valence-corrected chi connectivity index (χ1v) is 10.8. The highest BCUT2D eigenvalue weighted by Crippen LogP contribution is 2.44. The molecule has 4 rings (SSSR count). The quantitative estimate of drug-likeness (QED) is 0.592. The maximum absolute atomic E-state index is 13.9. The number of likely N-dealkylation sites (tertiary alicyclic amines) is 1. The van der Waals surface area contributed by atoms with Crippen LogP contribution in [0, 0.1) is 17.6 Å². The Bertz CT molecular complexity index is 1050. The molecule has 0 aromatic heterocycles. The lowest BCUT2D eigenvalue weighted by atomic mass is 9.83. The lowest BCUT2D eigenvalue weighted by molar-refractivity contribution is -0.192. The lowest BCUT2D eigenvalue weighted by Gasteiger charge is -2.40. The fourth-order valence-electron chi connectivity index (χ4n) is 4.41. The summed E-state index contributed by atoms with van der Waals surface area (Å²) in [6.07, 6.45) is -3.68. The molecule has 0 radical (unpaired) electrons. The average Bonchev–Trinajstić information content (AvgIpc) is 3.15. The van der Waals surface area contributed by atoms with Gasteiger partial charge in [0, 0.05) is 25.2 Å². The third-order valence-corrected chi connectivity index (χ3v) is 6.26. The number of hydrogen-bond acceptors (Lipinski definition) is 4. The summed E-state index contributed by atoms with van der Waals surface area (Å²) in [5.74, 6) is -6.05. The predicted octanol–water partition coefficient (Wildman–Crippen LogP) is 4.36. The van der Waals surface area contributed by atoms with Crippen LogP contribution in [0.15, 0.2) is 42.5 Å². The summed E-state index contributed by atoms with van der Waals surface area (Å²) < 4.78 is 65.7. The lowest BCUT2D eigenvalue weighted by Crippen LogP contribution is -2.45. The summed E-state index contributed by atoms with van der Waals surface area (Å²) in [4.78, 5) is 22.7. The molecule has 35 heavy (non-hydrogen) atoms. The summed E-state index contributed by atoms with van der Waals surface area (Å²) in [7, 11) is 0. The molecule has 11 heteroatoms. The zero-order valence-corrected chi connectivity index (χ0v) is 18.5. The van der Waals surface area contributed by atoms with E-state index in [0.717, 1.165) is 25.0 Å². The molecular weight excluding hydrogens is 477 g/mol. The number of benzene rings is 2. The number of rotatable bonds is 5. The van der Waals surface area contributed by atoms with Crippen LogP contribution in [0.1, 0.15) is 29.5 Å². The number of carbonyl (C=O) groups is 2. The van der Waals surface area contributed by atoms with E-state index in [1.54, 1.807) is 0 Å². The molecule has 2 aromatic carbocycles. The number of carboxylic acids is 2. The Morgan fingerprint density at radius 2 is 1.57 bits per heavy atom. The fourth-order valence-corrected chi connectivity index (χ4v) is 4.41. The van der Waals surface area contributed by atoms with E-state index in [4.69, 9.17) is 14.6 Å². The van der Waals surface area contributed by atoms with Gasteiger partial charge in [-0.15, -0.1) is 0 Å². The van der Waals surface area contributed by atoms with Crippen molar-refractivity contribution in [3.63, 3.8) is 0 Å². The molecule has 1 unspecified atom stereocenters. The molecule has 6 nitrogen and oxygen atoms in total. The van der Waals surface area contributed by atoms with Gasteiger partial charge in [0.05, 0.1) is 18.1 Å². The van der Waals surface area contributed by atoms with Crippen molar-refractivity contribution in [3.8, 4) is 0 Å². The number of ether oxygens (including phenoxy) is 1. The van der Waals surface area contributed by atoms with Crippen molar-refractivity contribution in [2.75, 3.05) is 19.6 Å². The van der Waals surface area contributed by atoms with Gasteiger partial charge in [-0.25, -0.2) is 13.6 Å². The second-order valence-corrected chi connectivity index (χ2v) is 8.48. The number of nitrogens with zero attached hydrogens (tertiary/aromatic N) is 1. The van der Waals surface area contributed by atoms with E-state index in [-0.39, 0.29) is 24.1 Å². The van der Waals surface area contributed by atoms with Crippen molar-refractivity contribution < 1.29 is 46.5 Å². The molecule has 0 amide bonds. The zero-order chi connectivity index (χ0) is 25.8. The maximum atomic E-state index is 13.9. The van der Waals surface area contributed by atoms with E-state index in [2.05, 4.69) is 17.0 Å². The minimum absolute atomic E-state index is 0.156. The molecule has 0 bridgehead atoms. The minimum atomic E-state index is -5.08. The second kappa shape index (κ2) is 10.7. The highest BCUT2D eigenvalue weighted by Gasteiger charge is 2.43. The number of halogens is 5. The van der Waals surface area contributed by atoms with Crippen LogP contribution in [-0.4, -0.2) is 52.9 Å². The fraction of sp³-hybridized carbons (Fsp3) is 0.417. The molecule has 1 saturated heterocycles. The molecule has 1 fully saturated rings. The van der Waals surface area contributed by atoms with Crippen LogP contribution in [0.25, 0.3) is 0 Å². The van der Waals surface area contributed by atoms with E-state index in [9.17, 15) is 31.9 Å². The number of piperidine rings is 1. The first kappa shape index (κ1) is 26.6. The number of hydrogen-bond donors (Lipinski definition) is 2. The van der Waals surface area contributed by atoms with Gasteiger partial charge in [0.25, 0.3) is 0 Å².